The molecule has 1 N–H and O–H groups in total. The highest BCUT2D eigenvalue weighted by molar-refractivity contribution is 5.88. The normalized spacial score (nSPS) is 16.7. The largest absolute Gasteiger partial charge is 0.353 e. The molecule has 0 unspecified atom stereocenters. The number of nitrogens with one attached hydrogen (secondary N) is 1. The van der Waals surface area contributed by atoms with E-state index < -0.39 is 0 Å². The van der Waals surface area contributed by atoms with Gasteiger partial charge in [-0.05, 0) is 63.0 Å². The molecule has 1 aliphatic carbocycles. The Labute approximate surface area is 237 Å². The number of unbranched alkanes of at least 4 members (excludes halogenated alkanes) is 13. The van der Waals surface area contributed by atoms with Crippen LogP contribution >= 0.6 is 0 Å². The SMILES string of the molecule is CCCCCCCCCCCCCCCCNC(=O)/C=C(C)/C=C/C=C(C)/C=C/C1=C(C)CCCC1(C)C. The minimum atomic E-state index is 0.0179. The molecule has 1 amide bonds. The van der Waals surface area contributed by atoms with Crippen LogP contribution in [0.5, 0.6) is 0 Å². The highest BCUT2D eigenvalue weighted by Crippen LogP contribution is 2.40. The topological polar surface area (TPSA) is 29.1 Å². The van der Waals surface area contributed by atoms with E-state index in [-0.39, 0.29) is 11.3 Å². The summed E-state index contributed by atoms with van der Waals surface area (Å²) in [4.78, 5) is 12.2. The Morgan fingerprint density at radius 2 is 1.37 bits per heavy atom. The Morgan fingerprint density at radius 1 is 0.816 bits per heavy atom. The Balaban J connectivity index is 2.14. The van der Waals surface area contributed by atoms with Crippen molar-refractivity contribution >= 4 is 5.91 Å². The molecule has 1 rings (SSSR count). The number of amides is 1. The quantitative estimate of drug-likeness (QED) is 0.0959. The van der Waals surface area contributed by atoms with Gasteiger partial charge in [-0.3, -0.25) is 4.79 Å². The molecule has 2 nitrogen and oxygen atoms in total. The Morgan fingerprint density at radius 3 is 1.92 bits per heavy atom. The van der Waals surface area contributed by atoms with Gasteiger partial charge in [0.05, 0.1) is 0 Å². The predicted molar refractivity (Wildman–Crippen MR) is 169 cm³/mol. The van der Waals surface area contributed by atoms with Gasteiger partial charge in [-0.25, -0.2) is 0 Å². The van der Waals surface area contributed by atoms with Gasteiger partial charge in [-0.1, -0.05) is 146 Å². The van der Waals surface area contributed by atoms with Crippen LogP contribution in [0, 0.1) is 5.41 Å². The predicted octanol–water partition coefficient (Wildman–Crippen LogP) is 11.1. The molecule has 2 heteroatoms. The highest BCUT2D eigenvalue weighted by atomic mass is 16.1. The van der Waals surface area contributed by atoms with Crippen molar-refractivity contribution in [3.63, 3.8) is 0 Å². The molecule has 0 aromatic carbocycles. The maximum absolute atomic E-state index is 12.2. The van der Waals surface area contributed by atoms with Crippen LogP contribution < -0.4 is 5.32 Å². The van der Waals surface area contributed by atoms with Crippen LogP contribution in [0.3, 0.4) is 0 Å². The molecule has 0 radical (unpaired) electrons. The summed E-state index contributed by atoms with van der Waals surface area (Å²) in [5, 5.41) is 3.04. The standard InChI is InChI=1S/C36H61NO/c1-7-8-9-10-11-12-13-14-15-16-17-18-19-20-29-37-35(38)30-32(3)24-21-23-31(2)26-27-34-33(4)25-22-28-36(34,5)6/h21,23-24,26-27,30H,7-20,22,25,28-29H2,1-6H3,(H,37,38)/b24-21+,27-26+,31-23+,32-30+. The van der Waals surface area contributed by atoms with Crippen molar-refractivity contribution in [1.82, 2.24) is 5.32 Å². The van der Waals surface area contributed by atoms with E-state index in [4.69, 9.17) is 0 Å². The van der Waals surface area contributed by atoms with Crippen molar-refractivity contribution < 1.29 is 4.79 Å². The maximum Gasteiger partial charge on any atom is 0.244 e. The summed E-state index contributed by atoms with van der Waals surface area (Å²) < 4.78 is 0. The lowest BCUT2D eigenvalue weighted by molar-refractivity contribution is -0.116. The van der Waals surface area contributed by atoms with Gasteiger partial charge in [0, 0.05) is 12.6 Å². The summed E-state index contributed by atoms with van der Waals surface area (Å²) in [5.74, 6) is 0.0179. The fraction of sp³-hybridized carbons (Fsp3) is 0.694. The number of rotatable bonds is 20. The number of hydrogen-bond donors (Lipinski definition) is 1. The first-order valence-electron chi connectivity index (χ1n) is 16.0. The molecule has 0 aliphatic heterocycles. The lowest BCUT2D eigenvalue weighted by atomic mass is 9.72. The highest BCUT2D eigenvalue weighted by Gasteiger charge is 2.26. The van der Waals surface area contributed by atoms with Gasteiger partial charge < -0.3 is 5.32 Å². The van der Waals surface area contributed by atoms with Crippen LogP contribution in [0.4, 0.5) is 0 Å². The summed E-state index contributed by atoms with van der Waals surface area (Å²) in [5.41, 5.74) is 5.49. The monoisotopic (exact) mass is 523 g/mol. The van der Waals surface area contributed by atoms with Gasteiger partial charge in [0.2, 0.25) is 5.91 Å². The van der Waals surface area contributed by atoms with E-state index >= 15 is 0 Å². The zero-order valence-electron chi connectivity index (χ0n) is 26.1. The molecule has 0 saturated heterocycles. The van der Waals surface area contributed by atoms with Crippen LogP contribution in [0.1, 0.15) is 151 Å². The van der Waals surface area contributed by atoms with E-state index in [0.29, 0.717) is 0 Å². The number of allylic oxidation sites excluding steroid dienone is 9. The molecule has 0 aromatic heterocycles. The van der Waals surface area contributed by atoms with Gasteiger partial charge in [-0.2, -0.15) is 0 Å². The molecule has 0 heterocycles. The second-order valence-electron chi connectivity index (χ2n) is 12.3. The van der Waals surface area contributed by atoms with E-state index in [1.165, 1.54) is 119 Å². The molecule has 0 saturated carbocycles. The third-order valence-electron chi connectivity index (χ3n) is 7.96. The molecule has 0 spiro atoms. The second kappa shape index (κ2) is 21.0. The minimum absolute atomic E-state index is 0.0179. The van der Waals surface area contributed by atoms with Gasteiger partial charge in [0.15, 0.2) is 0 Å². The zero-order chi connectivity index (χ0) is 28.1. The molecule has 0 aromatic rings. The maximum atomic E-state index is 12.2. The van der Waals surface area contributed by atoms with Crippen LogP contribution in [0.25, 0.3) is 0 Å². The Hall–Kier alpha value is -1.83. The Bertz CT molecular complexity index is 805. The van der Waals surface area contributed by atoms with E-state index in [9.17, 15) is 4.79 Å². The van der Waals surface area contributed by atoms with Crippen molar-refractivity contribution in [2.24, 2.45) is 5.41 Å². The number of hydrogen-bond acceptors (Lipinski definition) is 1. The van der Waals surface area contributed by atoms with E-state index in [1.807, 2.05) is 19.1 Å². The second-order valence-corrected chi connectivity index (χ2v) is 12.3. The fourth-order valence-electron chi connectivity index (χ4n) is 5.47. The van der Waals surface area contributed by atoms with Crippen molar-refractivity contribution in [1.29, 1.82) is 0 Å². The molecule has 0 bridgehead atoms. The van der Waals surface area contributed by atoms with Crippen LogP contribution in [-0.2, 0) is 4.79 Å². The van der Waals surface area contributed by atoms with Gasteiger partial charge >= 0.3 is 0 Å². The van der Waals surface area contributed by atoms with E-state index in [2.05, 4.69) is 58.2 Å². The van der Waals surface area contributed by atoms with Gasteiger partial charge in [-0.15, -0.1) is 0 Å². The lowest BCUT2D eigenvalue weighted by Crippen LogP contribution is -2.22. The molecule has 1 aliphatic rings. The van der Waals surface area contributed by atoms with Crippen molar-refractivity contribution in [3.05, 3.63) is 58.7 Å². The third kappa shape index (κ3) is 16.9. The van der Waals surface area contributed by atoms with Crippen molar-refractivity contribution in [3.8, 4) is 0 Å². The number of carbonyl (C=O) groups excluding carboxylic acids is 1. The van der Waals surface area contributed by atoms with Gasteiger partial charge in [0.25, 0.3) is 0 Å². The summed E-state index contributed by atoms with van der Waals surface area (Å²) in [6.45, 7) is 14.2. The van der Waals surface area contributed by atoms with Crippen LogP contribution in [0.2, 0.25) is 0 Å². The molecule has 0 atom stereocenters. The van der Waals surface area contributed by atoms with E-state index in [1.54, 1.807) is 6.08 Å². The lowest BCUT2D eigenvalue weighted by Gasteiger charge is -2.32. The summed E-state index contributed by atoms with van der Waals surface area (Å²) in [7, 11) is 0. The van der Waals surface area contributed by atoms with Crippen molar-refractivity contribution in [2.75, 3.05) is 6.54 Å². The molecular formula is C36H61NO. The summed E-state index contributed by atoms with van der Waals surface area (Å²) in [6, 6.07) is 0. The Kier molecular flexibility index (Phi) is 18.9. The molecule has 0 fully saturated rings. The summed E-state index contributed by atoms with van der Waals surface area (Å²) >= 11 is 0. The average molecular weight is 524 g/mol. The minimum Gasteiger partial charge on any atom is -0.353 e. The molecular weight excluding hydrogens is 462 g/mol. The van der Waals surface area contributed by atoms with Crippen molar-refractivity contribution in [2.45, 2.75) is 151 Å². The molecule has 38 heavy (non-hydrogen) atoms. The fourth-order valence-corrected chi connectivity index (χ4v) is 5.47. The summed E-state index contributed by atoms with van der Waals surface area (Å²) in [6.07, 6.45) is 35.2. The first-order chi connectivity index (χ1) is 18.3. The number of carbonyl (C=O) groups is 1. The van der Waals surface area contributed by atoms with E-state index in [0.717, 1.165) is 18.5 Å². The first kappa shape index (κ1) is 34.2. The third-order valence-corrected chi connectivity index (χ3v) is 7.96. The molecule has 216 valence electrons. The average Bonchev–Trinajstić information content (AvgIpc) is 2.85. The van der Waals surface area contributed by atoms with Gasteiger partial charge in [0.1, 0.15) is 0 Å². The zero-order valence-corrected chi connectivity index (χ0v) is 26.1. The van der Waals surface area contributed by atoms with Crippen LogP contribution in [0.15, 0.2) is 58.7 Å². The van der Waals surface area contributed by atoms with Crippen LogP contribution in [-0.4, -0.2) is 12.5 Å². The first-order valence-corrected chi connectivity index (χ1v) is 16.0. The smallest absolute Gasteiger partial charge is 0.244 e.